The number of phenols is 2. The maximum Gasteiger partial charge on any atom is 0.547 e. The highest BCUT2D eigenvalue weighted by atomic mass is 35.5. The van der Waals surface area contributed by atoms with Gasteiger partial charge < -0.3 is 40.5 Å². The fourth-order valence-corrected chi connectivity index (χ4v) is 6.82. The van der Waals surface area contributed by atoms with E-state index in [1.807, 2.05) is 12.1 Å². The minimum Gasteiger partial charge on any atom is -0.534 e. The Morgan fingerprint density at radius 1 is 1.08 bits per heavy atom. The van der Waals surface area contributed by atoms with Crippen LogP contribution < -0.4 is 15.3 Å². The van der Waals surface area contributed by atoms with E-state index in [-0.39, 0.29) is 31.1 Å². The minimum atomic E-state index is -1.90. The molecule has 1 aromatic heterocycles. The van der Waals surface area contributed by atoms with Crippen LogP contribution in [0.1, 0.15) is 45.9 Å². The first kappa shape index (κ1) is 35.6. The third-order valence-electron chi connectivity index (χ3n) is 9.20. The number of rotatable bonds is 8. The second-order valence-electron chi connectivity index (χ2n) is 12.4. The van der Waals surface area contributed by atoms with Gasteiger partial charge in [0, 0.05) is 56.7 Å². The number of hydrogen-bond acceptors (Lipinski definition) is 10. The van der Waals surface area contributed by atoms with Crippen LogP contribution in [-0.4, -0.2) is 109 Å². The van der Waals surface area contributed by atoms with Gasteiger partial charge in [0.25, 0.3) is 0 Å². The number of aromatic nitrogens is 1. The fraction of sp³-hybridized carbons (Fsp3) is 0.344. The first-order chi connectivity index (χ1) is 24.3. The van der Waals surface area contributed by atoms with Crippen molar-refractivity contribution in [2.24, 2.45) is 0 Å². The molecule has 0 bridgehead atoms. The van der Waals surface area contributed by atoms with Crippen molar-refractivity contribution in [2.75, 3.05) is 26.2 Å². The number of fused-ring (bicyclic) bond motifs is 1. The molecule has 2 atom stereocenters. The average molecular weight is 729 g/mol. The first-order valence-corrected chi connectivity index (χ1v) is 16.3. The summed E-state index contributed by atoms with van der Waals surface area (Å²) >= 11 is 6.20. The molecule has 51 heavy (non-hydrogen) atoms. The summed E-state index contributed by atoms with van der Waals surface area (Å²) < 4.78 is 34.1. The van der Waals surface area contributed by atoms with Crippen LogP contribution in [0.2, 0.25) is 5.02 Å². The first-order valence-electron chi connectivity index (χ1n) is 15.9. The predicted octanol–water partition coefficient (Wildman–Crippen LogP) is 2.42. The van der Waals surface area contributed by atoms with E-state index in [4.69, 9.17) is 16.3 Å². The zero-order chi connectivity index (χ0) is 36.6. The van der Waals surface area contributed by atoms with Gasteiger partial charge in [-0.15, -0.1) is 0 Å². The molecule has 1 unspecified atom stereocenters. The zero-order valence-electron chi connectivity index (χ0n) is 26.8. The molecule has 6 N–H and O–H groups in total. The number of hydrogen-bond donors (Lipinski definition) is 6. The van der Waals surface area contributed by atoms with Crippen molar-refractivity contribution < 1.29 is 53.0 Å². The molecule has 4 heterocycles. The SMILES string of the molecule is O=C(O)c1c(F)ccc2c1OB(O)[C@@H](NC(=O)C(NC(=O)N1CCN(C3CCN(Cc4cccnc4)CC3)C1=O)c1cc(F)c(O)c(O)c1Cl)C2. The molecule has 268 valence electrons. The van der Waals surface area contributed by atoms with Crippen molar-refractivity contribution in [1.82, 2.24) is 30.3 Å². The molecule has 0 saturated carbocycles. The maximum absolute atomic E-state index is 14.6. The molecule has 3 aromatic rings. The summed E-state index contributed by atoms with van der Waals surface area (Å²) in [5, 5.41) is 44.3. The Labute approximate surface area is 294 Å². The number of carboxylic acids is 1. The summed E-state index contributed by atoms with van der Waals surface area (Å²) in [6.07, 6.45) is 4.55. The Balaban J connectivity index is 1.17. The molecule has 0 aliphatic carbocycles. The molecule has 0 radical (unpaired) electrons. The summed E-state index contributed by atoms with van der Waals surface area (Å²) in [7, 11) is -1.90. The number of phenolic OH excluding ortho intramolecular Hbond substituents is 2. The summed E-state index contributed by atoms with van der Waals surface area (Å²) in [4.78, 5) is 61.3. The van der Waals surface area contributed by atoms with Crippen LogP contribution in [0.3, 0.4) is 0 Å². The van der Waals surface area contributed by atoms with Crippen molar-refractivity contribution in [3.05, 3.63) is 81.6 Å². The second kappa shape index (κ2) is 14.6. The quantitative estimate of drug-likeness (QED) is 0.147. The third kappa shape index (κ3) is 7.20. The second-order valence-corrected chi connectivity index (χ2v) is 12.8. The number of nitrogens with zero attached hydrogens (tertiary/aromatic N) is 4. The normalized spacial score (nSPS) is 18.6. The number of urea groups is 2. The molecule has 5 amide bonds. The van der Waals surface area contributed by atoms with Gasteiger partial charge in [0.15, 0.2) is 17.3 Å². The van der Waals surface area contributed by atoms with Crippen LogP contribution in [0.5, 0.6) is 17.2 Å². The number of carboxylic acid groups (broad SMARTS) is 1. The van der Waals surface area contributed by atoms with Crippen molar-refractivity contribution >= 4 is 42.7 Å². The summed E-state index contributed by atoms with van der Waals surface area (Å²) in [6, 6.07) is 2.84. The molecule has 2 saturated heterocycles. The Morgan fingerprint density at radius 3 is 2.51 bits per heavy atom. The Hall–Kier alpha value is -5.20. The molecule has 2 fully saturated rings. The number of piperidine rings is 1. The Kier molecular flexibility index (Phi) is 10.2. The molecule has 0 spiro atoms. The molecular formula is C32H32BClF2N6O9. The Morgan fingerprint density at radius 2 is 1.82 bits per heavy atom. The lowest BCUT2D eigenvalue weighted by atomic mass is 9.72. The van der Waals surface area contributed by atoms with Gasteiger partial charge in [-0.05, 0) is 48.6 Å². The van der Waals surface area contributed by atoms with Gasteiger partial charge in [0.2, 0.25) is 5.91 Å². The van der Waals surface area contributed by atoms with Gasteiger partial charge in [-0.25, -0.2) is 28.1 Å². The van der Waals surface area contributed by atoms with Crippen LogP contribution in [0.4, 0.5) is 18.4 Å². The average Bonchev–Trinajstić information content (AvgIpc) is 3.50. The summed E-state index contributed by atoms with van der Waals surface area (Å²) in [6.45, 7) is 2.31. The molecule has 15 nitrogen and oxygen atoms in total. The number of carbonyl (C=O) groups excluding carboxylic acids is 3. The number of pyridine rings is 1. The summed E-state index contributed by atoms with van der Waals surface area (Å²) in [5.41, 5.74) is -0.124. The molecule has 3 aliphatic rings. The third-order valence-corrected chi connectivity index (χ3v) is 9.60. The Bertz CT molecular complexity index is 1870. The largest absolute Gasteiger partial charge is 0.547 e. The van der Waals surface area contributed by atoms with Crippen LogP contribution in [0, 0.1) is 11.6 Å². The monoisotopic (exact) mass is 728 g/mol. The lowest BCUT2D eigenvalue weighted by Gasteiger charge is -2.36. The summed E-state index contributed by atoms with van der Waals surface area (Å²) in [5.74, 6) is -9.31. The highest BCUT2D eigenvalue weighted by Gasteiger charge is 2.43. The van der Waals surface area contributed by atoms with Gasteiger partial charge in [-0.1, -0.05) is 23.7 Å². The van der Waals surface area contributed by atoms with E-state index in [0.717, 1.165) is 16.5 Å². The van der Waals surface area contributed by atoms with E-state index >= 15 is 0 Å². The van der Waals surface area contributed by atoms with E-state index < -0.39 is 88.1 Å². The van der Waals surface area contributed by atoms with Crippen molar-refractivity contribution in [1.29, 1.82) is 0 Å². The van der Waals surface area contributed by atoms with Crippen LogP contribution in [-0.2, 0) is 17.8 Å². The minimum absolute atomic E-state index is 0.0355. The highest BCUT2D eigenvalue weighted by molar-refractivity contribution is 6.47. The molecule has 3 aliphatic heterocycles. The standard InChI is InChI=1S/C32H32BClF2N6O9/c34-24-19(13-21(36)26(43)27(24)44)25(29(45)38-22-12-17-3-4-20(35)23(30(46)47)28(17)51-33(22)50)39-31(48)42-11-10-41(32(42)49)18-5-8-40(9-6-18)15-16-2-1-7-37-14-16/h1-4,7,13-14,18,22,25,43-44,50H,5-6,8-12,15H2,(H,38,45)(H,39,48)(H,46,47)/t22-,25?/m0/s1. The fourth-order valence-electron chi connectivity index (χ4n) is 6.56. The highest BCUT2D eigenvalue weighted by Crippen LogP contribution is 2.41. The number of likely N-dealkylation sites (tertiary alicyclic amines) is 1. The zero-order valence-corrected chi connectivity index (χ0v) is 27.5. The lowest BCUT2D eigenvalue weighted by Crippen LogP contribution is -2.56. The van der Waals surface area contributed by atoms with Crippen molar-refractivity contribution in [3.8, 4) is 17.2 Å². The topological polar surface area (TPSA) is 205 Å². The van der Waals surface area contributed by atoms with Gasteiger partial charge in [-0.3, -0.25) is 14.7 Å². The number of imide groups is 1. The predicted molar refractivity (Wildman–Crippen MR) is 175 cm³/mol. The molecule has 2 aromatic carbocycles. The maximum atomic E-state index is 14.6. The number of aromatic hydroxyl groups is 2. The number of nitrogens with one attached hydrogen (secondary N) is 2. The van der Waals surface area contributed by atoms with E-state index in [1.165, 1.54) is 6.07 Å². The van der Waals surface area contributed by atoms with Gasteiger partial charge >= 0.3 is 25.1 Å². The van der Waals surface area contributed by atoms with E-state index in [9.17, 15) is 48.3 Å². The number of halogens is 3. The van der Waals surface area contributed by atoms with E-state index in [1.54, 1.807) is 17.3 Å². The molecule has 19 heteroatoms. The van der Waals surface area contributed by atoms with Crippen LogP contribution >= 0.6 is 11.6 Å². The van der Waals surface area contributed by atoms with Crippen LogP contribution in [0.15, 0.2) is 42.7 Å². The lowest BCUT2D eigenvalue weighted by molar-refractivity contribution is -0.123. The van der Waals surface area contributed by atoms with Crippen molar-refractivity contribution in [2.45, 2.75) is 43.8 Å². The van der Waals surface area contributed by atoms with E-state index in [0.29, 0.717) is 38.5 Å². The smallest absolute Gasteiger partial charge is 0.534 e. The van der Waals surface area contributed by atoms with Gasteiger partial charge in [-0.2, -0.15) is 0 Å². The molecule has 6 rings (SSSR count). The van der Waals surface area contributed by atoms with Crippen molar-refractivity contribution in [3.63, 3.8) is 0 Å². The number of benzene rings is 2. The number of aromatic carboxylic acids is 1. The number of carbonyl (C=O) groups is 4. The molecular weight excluding hydrogens is 697 g/mol. The number of amides is 5. The van der Waals surface area contributed by atoms with E-state index in [2.05, 4.69) is 20.5 Å². The van der Waals surface area contributed by atoms with Gasteiger partial charge in [0.05, 0.1) is 11.0 Å². The van der Waals surface area contributed by atoms with Gasteiger partial charge in [0.1, 0.15) is 23.2 Å². The van der Waals surface area contributed by atoms with Crippen LogP contribution in [0.25, 0.3) is 0 Å².